The first-order valence-corrected chi connectivity index (χ1v) is 7.56. The maximum absolute atomic E-state index is 13.0. The van der Waals surface area contributed by atoms with Gasteiger partial charge in [0.25, 0.3) is 0 Å². The summed E-state index contributed by atoms with van der Waals surface area (Å²) in [6.45, 7) is 0.657. The molecule has 0 radical (unpaired) electrons. The SMILES string of the molecule is COCCNC(=O)C1CC1C(=O)Nc1ccc(Cl)cc1C(F)(F)F. The molecule has 24 heavy (non-hydrogen) atoms. The second-order valence-corrected chi connectivity index (χ2v) is 5.85. The topological polar surface area (TPSA) is 67.4 Å². The van der Waals surface area contributed by atoms with Crippen LogP contribution >= 0.6 is 11.6 Å². The second kappa shape index (κ2) is 7.40. The third-order valence-corrected chi connectivity index (χ3v) is 3.85. The molecule has 0 bridgehead atoms. The largest absolute Gasteiger partial charge is 0.418 e. The zero-order valence-corrected chi connectivity index (χ0v) is 13.5. The van der Waals surface area contributed by atoms with Crippen molar-refractivity contribution < 1.29 is 27.5 Å². The van der Waals surface area contributed by atoms with E-state index in [4.69, 9.17) is 16.3 Å². The number of benzene rings is 1. The van der Waals surface area contributed by atoms with Crippen molar-refractivity contribution in [3.05, 3.63) is 28.8 Å². The summed E-state index contributed by atoms with van der Waals surface area (Å²) in [5.74, 6) is -2.08. The van der Waals surface area contributed by atoms with Crippen LogP contribution in [0.25, 0.3) is 0 Å². The Morgan fingerprint density at radius 2 is 1.96 bits per heavy atom. The number of methoxy groups -OCH3 is 1. The fraction of sp³-hybridized carbons (Fsp3) is 0.467. The van der Waals surface area contributed by atoms with Gasteiger partial charge in [-0.3, -0.25) is 9.59 Å². The quantitative estimate of drug-likeness (QED) is 0.763. The lowest BCUT2D eigenvalue weighted by atomic mass is 10.1. The molecule has 2 amide bonds. The molecule has 9 heteroatoms. The van der Waals surface area contributed by atoms with Crippen LogP contribution in [-0.4, -0.2) is 32.1 Å². The molecule has 2 N–H and O–H groups in total. The Morgan fingerprint density at radius 1 is 1.29 bits per heavy atom. The average molecular weight is 365 g/mol. The molecular weight excluding hydrogens is 349 g/mol. The number of anilines is 1. The fourth-order valence-electron chi connectivity index (χ4n) is 2.27. The summed E-state index contributed by atoms with van der Waals surface area (Å²) in [6.07, 6.45) is -4.34. The normalized spacial score (nSPS) is 19.7. The number of alkyl halides is 3. The molecule has 1 aliphatic rings. The van der Waals surface area contributed by atoms with Crippen molar-refractivity contribution in [3.8, 4) is 0 Å². The molecule has 1 aromatic rings. The van der Waals surface area contributed by atoms with Gasteiger partial charge in [-0.2, -0.15) is 13.2 Å². The van der Waals surface area contributed by atoms with E-state index < -0.39 is 29.5 Å². The Kier molecular flexibility index (Phi) is 5.71. The summed E-state index contributed by atoms with van der Waals surface area (Å²) in [5.41, 5.74) is -1.40. The maximum atomic E-state index is 13.0. The van der Waals surface area contributed by atoms with Crippen molar-refractivity contribution in [2.75, 3.05) is 25.6 Å². The van der Waals surface area contributed by atoms with Crippen LogP contribution in [0.3, 0.4) is 0 Å². The number of hydrogen-bond acceptors (Lipinski definition) is 3. The number of nitrogens with one attached hydrogen (secondary N) is 2. The third-order valence-electron chi connectivity index (χ3n) is 3.61. The lowest BCUT2D eigenvalue weighted by molar-refractivity contribution is -0.137. The van der Waals surface area contributed by atoms with E-state index in [2.05, 4.69) is 10.6 Å². The monoisotopic (exact) mass is 364 g/mol. The average Bonchev–Trinajstić information content (AvgIpc) is 3.29. The van der Waals surface area contributed by atoms with E-state index in [1.807, 2.05) is 0 Å². The van der Waals surface area contributed by atoms with Crippen LogP contribution < -0.4 is 10.6 Å². The van der Waals surface area contributed by atoms with Crippen molar-refractivity contribution in [2.45, 2.75) is 12.6 Å². The van der Waals surface area contributed by atoms with Gasteiger partial charge < -0.3 is 15.4 Å². The Balaban J connectivity index is 1.98. The Labute approximate surface area is 141 Å². The first-order chi connectivity index (χ1) is 11.2. The molecule has 0 saturated heterocycles. The summed E-state index contributed by atoms with van der Waals surface area (Å²) in [5, 5.41) is 4.75. The summed E-state index contributed by atoms with van der Waals surface area (Å²) in [7, 11) is 1.49. The minimum atomic E-state index is -4.64. The van der Waals surface area contributed by atoms with Crippen LogP contribution in [0, 0.1) is 11.8 Å². The lowest BCUT2D eigenvalue weighted by Crippen LogP contribution is -2.30. The third kappa shape index (κ3) is 4.61. The summed E-state index contributed by atoms with van der Waals surface area (Å²) in [6, 6.07) is 3.10. The fourth-order valence-corrected chi connectivity index (χ4v) is 2.44. The smallest absolute Gasteiger partial charge is 0.383 e. The highest BCUT2D eigenvalue weighted by Crippen LogP contribution is 2.41. The number of hydrogen-bond donors (Lipinski definition) is 2. The van der Waals surface area contributed by atoms with E-state index in [1.165, 1.54) is 13.2 Å². The van der Waals surface area contributed by atoms with E-state index in [1.54, 1.807) is 0 Å². The molecule has 1 aliphatic carbocycles. The van der Waals surface area contributed by atoms with Crippen LogP contribution in [-0.2, 0) is 20.5 Å². The van der Waals surface area contributed by atoms with E-state index in [-0.39, 0.29) is 16.6 Å². The zero-order chi connectivity index (χ0) is 17.9. The van der Waals surface area contributed by atoms with E-state index in [0.29, 0.717) is 19.6 Å². The molecule has 5 nitrogen and oxygen atoms in total. The first kappa shape index (κ1) is 18.5. The van der Waals surface area contributed by atoms with Crippen molar-refractivity contribution in [2.24, 2.45) is 11.8 Å². The first-order valence-electron chi connectivity index (χ1n) is 7.18. The lowest BCUT2D eigenvalue weighted by Gasteiger charge is -2.14. The van der Waals surface area contributed by atoms with Gasteiger partial charge in [0.05, 0.1) is 29.7 Å². The second-order valence-electron chi connectivity index (χ2n) is 5.41. The zero-order valence-electron chi connectivity index (χ0n) is 12.7. The minimum absolute atomic E-state index is 0.0813. The number of amides is 2. The van der Waals surface area contributed by atoms with Crippen molar-refractivity contribution >= 4 is 29.1 Å². The van der Waals surface area contributed by atoms with Gasteiger partial charge in [0.1, 0.15) is 0 Å². The van der Waals surface area contributed by atoms with E-state index in [9.17, 15) is 22.8 Å². The Hall–Kier alpha value is -1.80. The number of halogens is 4. The summed E-state index contributed by atoms with van der Waals surface area (Å²) < 4.78 is 43.8. The van der Waals surface area contributed by atoms with E-state index in [0.717, 1.165) is 12.1 Å². The van der Waals surface area contributed by atoms with Crippen molar-refractivity contribution in [1.82, 2.24) is 5.32 Å². The molecular formula is C15H16ClF3N2O3. The number of carbonyl (C=O) groups is 2. The number of rotatable bonds is 6. The Bertz CT molecular complexity index is 637. The van der Waals surface area contributed by atoms with Gasteiger partial charge in [0, 0.05) is 18.7 Å². The molecule has 2 atom stereocenters. The molecule has 0 aromatic heterocycles. The minimum Gasteiger partial charge on any atom is -0.383 e. The molecule has 2 rings (SSSR count). The summed E-state index contributed by atoms with van der Waals surface area (Å²) >= 11 is 5.58. The van der Waals surface area contributed by atoms with Crippen LogP contribution in [0.5, 0.6) is 0 Å². The highest BCUT2D eigenvalue weighted by molar-refractivity contribution is 6.30. The molecule has 1 aromatic carbocycles. The van der Waals surface area contributed by atoms with Gasteiger partial charge in [-0.05, 0) is 24.6 Å². The standard InChI is InChI=1S/C15H16ClF3N2O3/c1-24-5-4-20-13(22)9-7-10(9)14(23)21-12-3-2-8(16)6-11(12)15(17,18)19/h2-3,6,9-10H,4-5,7H2,1H3,(H,20,22)(H,21,23). The van der Waals surface area contributed by atoms with Crippen molar-refractivity contribution in [1.29, 1.82) is 0 Å². The van der Waals surface area contributed by atoms with Crippen LogP contribution in [0.1, 0.15) is 12.0 Å². The highest BCUT2D eigenvalue weighted by atomic mass is 35.5. The van der Waals surface area contributed by atoms with Crippen LogP contribution in [0.15, 0.2) is 18.2 Å². The van der Waals surface area contributed by atoms with Gasteiger partial charge in [-0.1, -0.05) is 11.6 Å². The maximum Gasteiger partial charge on any atom is 0.418 e. The molecule has 132 valence electrons. The number of carbonyl (C=O) groups excluding carboxylic acids is 2. The van der Waals surface area contributed by atoms with Gasteiger partial charge >= 0.3 is 6.18 Å². The van der Waals surface area contributed by atoms with Crippen LogP contribution in [0.2, 0.25) is 5.02 Å². The van der Waals surface area contributed by atoms with E-state index >= 15 is 0 Å². The molecule has 0 heterocycles. The summed E-state index contributed by atoms with van der Waals surface area (Å²) in [4.78, 5) is 23.8. The molecule has 1 saturated carbocycles. The number of ether oxygens (including phenoxy) is 1. The van der Waals surface area contributed by atoms with Gasteiger partial charge in [0.2, 0.25) is 11.8 Å². The van der Waals surface area contributed by atoms with Gasteiger partial charge in [-0.25, -0.2) is 0 Å². The van der Waals surface area contributed by atoms with Gasteiger partial charge in [0.15, 0.2) is 0 Å². The molecule has 2 unspecified atom stereocenters. The Morgan fingerprint density at radius 3 is 2.58 bits per heavy atom. The van der Waals surface area contributed by atoms with Gasteiger partial charge in [-0.15, -0.1) is 0 Å². The molecule has 0 aliphatic heterocycles. The predicted molar refractivity (Wildman–Crippen MR) is 81.6 cm³/mol. The van der Waals surface area contributed by atoms with Crippen molar-refractivity contribution in [3.63, 3.8) is 0 Å². The molecule has 0 spiro atoms. The highest BCUT2D eigenvalue weighted by Gasteiger charge is 2.48. The molecule has 1 fully saturated rings. The predicted octanol–water partition coefficient (Wildman–Crippen LogP) is 2.70. The van der Waals surface area contributed by atoms with Crippen LogP contribution in [0.4, 0.5) is 18.9 Å².